The van der Waals surface area contributed by atoms with Gasteiger partial charge in [-0.3, -0.25) is 4.79 Å². The van der Waals surface area contributed by atoms with Crippen LogP contribution in [0.25, 0.3) is 0 Å². The van der Waals surface area contributed by atoms with Gasteiger partial charge >= 0.3 is 0 Å². The van der Waals surface area contributed by atoms with Crippen molar-refractivity contribution in [2.75, 3.05) is 13.1 Å². The zero-order chi connectivity index (χ0) is 11.6. The molecule has 1 aliphatic heterocycles. The fourth-order valence-corrected chi connectivity index (χ4v) is 5.08. The number of piperidine rings is 1. The second-order valence-corrected chi connectivity index (χ2v) is 6.70. The van der Waals surface area contributed by atoms with E-state index in [0.29, 0.717) is 11.8 Å². The number of nitrogens with zero attached hydrogens (tertiary/aromatic N) is 1. The summed E-state index contributed by atoms with van der Waals surface area (Å²) in [4.78, 5) is 14.6. The summed E-state index contributed by atoms with van der Waals surface area (Å²) in [5.74, 6) is 4.21. The van der Waals surface area contributed by atoms with Crippen molar-refractivity contribution in [3.63, 3.8) is 0 Å². The van der Waals surface area contributed by atoms with Crippen LogP contribution in [0.4, 0.5) is 0 Å². The summed E-state index contributed by atoms with van der Waals surface area (Å²) in [6.45, 7) is 1.77. The average Bonchev–Trinajstić information content (AvgIpc) is 2.76. The lowest BCUT2D eigenvalue weighted by atomic mass is 10.00. The number of hydrogen-bond acceptors (Lipinski definition) is 2. The van der Waals surface area contributed by atoms with Gasteiger partial charge in [0.15, 0.2) is 0 Å². The maximum atomic E-state index is 12.5. The molecule has 3 aliphatic carbocycles. The van der Waals surface area contributed by atoms with Crippen molar-refractivity contribution in [1.29, 1.82) is 0 Å². The highest BCUT2D eigenvalue weighted by Crippen LogP contribution is 2.69. The van der Waals surface area contributed by atoms with E-state index < -0.39 is 0 Å². The first kappa shape index (κ1) is 10.4. The number of amides is 1. The smallest absolute Gasteiger partial charge is 0.226 e. The third-order valence-electron chi connectivity index (χ3n) is 5.79. The van der Waals surface area contributed by atoms with Crippen LogP contribution in [0, 0.1) is 29.6 Å². The van der Waals surface area contributed by atoms with Crippen molar-refractivity contribution in [3.8, 4) is 0 Å². The standard InChI is InChI=1S/C14H22N2O/c15-10-2-1-5-16(7-10)14(17)13-11-8-3-4-9(6-8)12(11)13/h8-13H,1-7,15H2/t8?,9?,10-,11?,12?,13?/m1/s1. The van der Waals surface area contributed by atoms with Crippen molar-refractivity contribution < 1.29 is 4.79 Å². The molecule has 3 saturated carbocycles. The summed E-state index contributed by atoms with van der Waals surface area (Å²) in [7, 11) is 0. The van der Waals surface area contributed by atoms with E-state index in [1.165, 1.54) is 19.3 Å². The number of fused-ring (bicyclic) bond motifs is 5. The fraction of sp³-hybridized carbons (Fsp3) is 0.929. The van der Waals surface area contributed by atoms with E-state index in [4.69, 9.17) is 5.73 Å². The van der Waals surface area contributed by atoms with Gasteiger partial charge in [0.1, 0.15) is 0 Å². The van der Waals surface area contributed by atoms with Crippen molar-refractivity contribution in [2.45, 2.75) is 38.1 Å². The predicted molar refractivity (Wildman–Crippen MR) is 65.1 cm³/mol. The van der Waals surface area contributed by atoms with Crippen LogP contribution in [-0.4, -0.2) is 29.9 Å². The van der Waals surface area contributed by atoms with Crippen LogP contribution in [0.5, 0.6) is 0 Å². The molecule has 2 N–H and O–H groups in total. The minimum Gasteiger partial charge on any atom is -0.341 e. The van der Waals surface area contributed by atoms with Gasteiger partial charge in [-0.2, -0.15) is 0 Å². The van der Waals surface area contributed by atoms with Gasteiger partial charge < -0.3 is 10.6 Å². The molecule has 1 amide bonds. The number of rotatable bonds is 1. The molecule has 0 aromatic heterocycles. The van der Waals surface area contributed by atoms with Crippen molar-refractivity contribution in [3.05, 3.63) is 0 Å². The Hall–Kier alpha value is -0.570. The Morgan fingerprint density at radius 3 is 2.47 bits per heavy atom. The Morgan fingerprint density at radius 2 is 1.82 bits per heavy atom. The van der Waals surface area contributed by atoms with Crippen LogP contribution in [0.2, 0.25) is 0 Å². The van der Waals surface area contributed by atoms with E-state index in [1.807, 2.05) is 0 Å². The molecule has 2 bridgehead atoms. The Labute approximate surface area is 103 Å². The molecule has 4 fully saturated rings. The third-order valence-corrected chi connectivity index (χ3v) is 5.79. The van der Waals surface area contributed by atoms with E-state index in [-0.39, 0.29) is 6.04 Å². The summed E-state index contributed by atoms with van der Waals surface area (Å²) in [6, 6.07) is 0.225. The number of carbonyl (C=O) groups excluding carboxylic acids is 1. The Balaban J connectivity index is 1.45. The molecule has 3 heteroatoms. The van der Waals surface area contributed by atoms with Gasteiger partial charge in [-0.05, 0) is 55.8 Å². The average molecular weight is 234 g/mol. The van der Waals surface area contributed by atoms with Crippen molar-refractivity contribution >= 4 is 5.91 Å². The molecule has 5 atom stereocenters. The second-order valence-electron chi connectivity index (χ2n) is 6.70. The molecule has 0 aromatic carbocycles. The van der Waals surface area contributed by atoms with Crippen LogP contribution >= 0.6 is 0 Å². The Kier molecular flexibility index (Phi) is 2.11. The highest BCUT2D eigenvalue weighted by Gasteiger charge is 2.67. The third kappa shape index (κ3) is 1.41. The van der Waals surface area contributed by atoms with Crippen LogP contribution in [-0.2, 0) is 4.79 Å². The first-order valence-electron chi connectivity index (χ1n) is 7.30. The zero-order valence-electron chi connectivity index (χ0n) is 10.3. The number of hydrogen-bond donors (Lipinski definition) is 1. The quantitative estimate of drug-likeness (QED) is 0.741. The molecule has 94 valence electrons. The molecule has 0 aromatic rings. The van der Waals surface area contributed by atoms with Gasteiger partial charge in [0.25, 0.3) is 0 Å². The molecular weight excluding hydrogens is 212 g/mol. The SMILES string of the molecule is N[C@@H]1CCCN(C(=O)C2C3C4CCC(C4)C23)C1. The second kappa shape index (κ2) is 3.47. The van der Waals surface area contributed by atoms with Gasteiger partial charge in [0.05, 0.1) is 0 Å². The van der Waals surface area contributed by atoms with E-state index in [1.54, 1.807) is 0 Å². The predicted octanol–water partition coefficient (Wildman–Crippen LogP) is 1.23. The summed E-state index contributed by atoms with van der Waals surface area (Å²) in [5.41, 5.74) is 5.97. The summed E-state index contributed by atoms with van der Waals surface area (Å²) in [5, 5.41) is 0. The molecule has 0 radical (unpaired) electrons. The van der Waals surface area contributed by atoms with Crippen LogP contribution in [0.3, 0.4) is 0 Å². The van der Waals surface area contributed by atoms with Gasteiger partial charge in [0.2, 0.25) is 5.91 Å². The van der Waals surface area contributed by atoms with Gasteiger partial charge in [0, 0.05) is 25.0 Å². The maximum Gasteiger partial charge on any atom is 0.226 e. The van der Waals surface area contributed by atoms with E-state index >= 15 is 0 Å². The number of nitrogens with two attached hydrogens (primary N) is 1. The van der Waals surface area contributed by atoms with Crippen molar-refractivity contribution in [2.24, 2.45) is 35.3 Å². The molecule has 4 unspecified atom stereocenters. The van der Waals surface area contributed by atoms with Crippen molar-refractivity contribution in [1.82, 2.24) is 4.90 Å². The minimum absolute atomic E-state index is 0.225. The Morgan fingerprint density at radius 1 is 1.12 bits per heavy atom. The molecule has 17 heavy (non-hydrogen) atoms. The molecule has 0 spiro atoms. The highest BCUT2D eigenvalue weighted by molar-refractivity contribution is 5.83. The zero-order valence-corrected chi connectivity index (χ0v) is 10.3. The van der Waals surface area contributed by atoms with Gasteiger partial charge in [-0.25, -0.2) is 0 Å². The molecule has 4 rings (SSSR count). The lowest BCUT2D eigenvalue weighted by Gasteiger charge is -2.31. The normalized spacial score (nSPS) is 51.5. The van der Waals surface area contributed by atoms with Gasteiger partial charge in [-0.1, -0.05) is 0 Å². The first-order chi connectivity index (χ1) is 8.25. The topological polar surface area (TPSA) is 46.3 Å². The molecule has 1 heterocycles. The molecular formula is C14H22N2O. The van der Waals surface area contributed by atoms with E-state index in [2.05, 4.69) is 4.90 Å². The summed E-state index contributed by atoms with van der Waals surface area (Å²) >= 11 is 0. The maximum absolute atomic E-state index is 12.5. The number of carbonyl (C=O) groups is 1. The molecule has 3 nitrogen and oxygen atoms in total. The van der Waals surface area contributed by atoms with Crippen LogP contribution < -0.4 is 5.73 Å². The summed E-state index contributed by atoms with van der Waals surface area (Å²) < 4.78 is 0. The first-order valence-corrected chi connectivity index (χ1v) is 7.30. The van der Waals surface area contributed by atoms with Gasteiger partial charge in [-0.15, -0.1) is 0 Å². The number of likely N-dealkylation sites (tertiary alicyclic amines) is 1. The highest BCUT2D eigenvalue weighted by atomic mass is 16.2. The monoisotopic (exact) mass is 234 g/mol. The lowest BCUT2D eigenvalue weighted by molar-refractivity contribution is -0.134. The van der Waals surface area contributed by atoms with Crippen LogP contribution in [0.1, 0.15) is 32.1 Å². The minimum atomic E-state index is 0.225. The van der Waals surface area contributed by atoms with E-state index in [9.17, 15) is 4.79 Å². The lowest BCUT2D eigenvalue weighted by Crippen LogP contribution is -2.46. The summed E-state index contributed by atoms with van der Waals surface area (Å²) in [6.07, 6.45) is 6.41. The molecule has 4 aliphatic rings. The molecule has 1 saturated heterocycles. The fourth-order valence-electron chi connectivity index (χ4n) is 5.08. The Bertz CT molecular complexity index is 340. The van der Waals surface area contributed by atoms with E-state index in [0.717, 1.165) is 49.6 Å². The largest absolute Gasteiger partial charge is 0.341 e. The van der Waals surface area contributed by atoms with Crippen LogP contribution in [0.15, 0.2) is 0 Å².